The van der Waals surface area contributed by atoms with Crippen LogP contribution in [0.1, 0.15) is 82.0 Å². The number of aromatic hydroxyl groups is 1. The Balaban J connectivity index is 0.808. The van der Waals surface area contributed by atoms with E-state index in [4.69, 9.17) is 21.5 Å². The number of thiocarbonyl (C=S) groups is 1. The van der Waals surface area contributed by atoms with Gasteiger partial charge in [-0.25, -0.2) is 4.79 Å². The van der Waals surface area contributed by atoms with Gasteiger partial charge < -0.3 is 40.5 Å². The van der Waals surface area contributed by atoms with Crippen molar-refractivity contribution in [2.24, 2.45) is 33.7 Å². The molecular weight excluding hydrogens is 757 g/mol. The number of allylic oxidation sites excluding steroid dienone is 2. The number of rotatable bonds is 10. The molecule has 0 radical (unpaired) electrons. The number of phenolic OH excluding ortho intramolecular Hbond substituents is 1. The molecule has 5 aliphatic carbocycles. The number of aliphatic hydroxyl groups is 1. The maximum absolute atomic E-state index is 12.6. The van der Waals surface area contributed by atoms with Crippen molar-refractivity contribution < 1.29 is 34.2 Å². The van der Waals surface area contributed by atoms with Crippen LogP contribution < -0.4 is 21.4 Å². The van der Waals surface area contributed by atoms with Gasteiger partial charge in [-0.1, -0.05) is 30.6 Å². The van der Waals surface area contributed by atoms with Crippen molar-refractivity contribution in [3.05, 3.63) is 82.0 Å². The number of fused-ring (bicyclic) bond motifs is 7. The third-order valence-corrected chi connectivity index (χ3v) is 14.0. The van der Waals surface area contributed by atoms with E-state index in [1.54, 1.807) is 24.3 Å². The van der Waals surface area contributed by atoms with Crippen LogP contribution in [-0.4, -0.2) is 63.8 Å². The average molecular weight is 807 g/mol. The fraction of sp³-hybridized carbons (Fsp3) is 0.444. The van der Waals surface area contributed by atoms with Gasteiger partial charge in [-0.3, -0.25) is 9.59 Å². The van der Waals surface area contributed by atoms with Gasteiger partial charge >= 0.3 is 5.97 Å². The Morgan fingerprint density at radius 3 is 2.59 bits per heavy atom. The van der Waals surface area contributed by atoms with E-state index >= 15 is 0 Å². The molecule has 6 atom stereocenters. The van der Waals surface area contributed by atoms with Crippen LogP contribution in [0.4, 0.5) is 5.69 Å². The van der Waals surface area contributed by atoms with Gasteiger partial charge in [0.15, 0.2) is 17.1 Å². The first-order valence-electron chi connectivity index (χ1n) is 20.3. The Kier molecular flexibility index (Phi) is 10.8. The quantitative estimate of drug-likeness (QED) is 0.0405. The summed E-state index contributed by atoms with van der Waals surface area (Å²) >= 11 is 5.47. The van der Waals surface area contributed by atoms with E-state index in [1.165, 1.54) is 48.7 Å². The second-order valence-electron chi connectivity index (χ2n) is 17.0. The SMILES string of the molecule is C[C@]12CC[C@H]3[C@@H](CCC4=C/C(=N\OCC(=O)NCCCNC(=S)Nc5ccc(-c6c7ccc(=O)cc-7oc7cc(O)ccc67)c(C(=O)O)c5)CC[C@@]43C)[C@@H]1CC[C@@H]2O. The van der Waals surface area contributed by atoms with Crippen molar-refractivity contribution in [1.29, 1.82) is 0 Å². The maximum atomic E-state index is 12.6. The van der Waals surface area contributed by atoms with Crippen molar-refractivity contribution in [3.8, 4) is 28.2 Å². The maximum Gasteiger partial charge on any atom is 0.336 e. The Bertz CT molecular complexity index is 2370. The van der Waals surface area contributed by atoms with E-state index in [9.17, 15) is 29.7 Å². The minimum atomic E-state index is -1.16. The van der Waals surface area contributed by atoms with Crippen LogP contribution in [0.3, 0.4) is 0 Å². The number of amides is 1. The fourth-order valence-corrected chi connectivity index (χ4v) is 10.9. The number of hydrogen-bond donors (Lipinski definition) is 6. The molecule has 6 aliphatic rings. The van der Waals surface area contributed by atoms with Crippen LogP contribution in [0, 0.1) is 28.6 Å². The highest BCUT2D eigenvalue weighted by molar-refractivity contribution is 7.80. The van der Waals surface area contributed by atoms with Crippen LogP contribution in [0.25, 0.3) is 33.4 Å². The van der Waals surface area contributed by atoms with Gasteiger partial charge in [0.25, 0.3) is 5.91 Å². The summed E-state index contributed by atoms with van der Waals surface area (Å²) in [4.78, 5) is 42.7. The average Bonchev–Trinajstić information content (AvgIpc) is 3.50. The predicted octanol–water partition coefficient (Wildman–Crippen LogP) is 7.46. The van der Waals surface area contributed by atoms with Gasteiger partial charge in [0.2, 0.25) is 0 Å². The number of anilines is 1. The summed E-state index contributed by atoms with van der Waals surface area (Å²) in [7, 11) is 0. The second-order valence-corrected chi connectivity index (χ2v) is 17.4. The lowest BCUT2D eigenvalue weighted by atomic mass is 9.47. The number of aliphatic hydroxyl groups excluding tert-OH is 1. The number of carboxylic acid groups (broad SMARTS) is 1. The van der Waals surface area contributed by atoms with E-state index in [1.807, 2.05) is 0 Å². The zero-order chi connectivity index (χ0) is 40.8. The molecule has 304 valence electrons. The minimum Gasteiger partial charge on any atom is -0.508 e. The first-order chi connectivity index (χ1) is 27.8. The molecule has 3 saturated carbocycles. The molecule has 12 nitrogen and oxygen atoms in total. The molecule has 0 unspecified atom stereocenters. The largest absolute Gasteiger partial charge is 0.508 e. The number of carbonyl (C=O) groups excluding carboxylic acids is 1. The van der Waals surface area contributed by atoms with Crippen LogP contribution in [-0.2, 0) is 9.63 Å². The number of nitrogens with zero attached hydrogens (tertiary/aromatic N) is 1. The Morgan fingerprint density at radius 2 is 1.76 bits per heavy atom. The lowest BCUT2D eigenvalue weighted by molar-refractivity contribution is -0.125. The van der Waals surface area contributed by atoms with Crippen molar-refractivity contribution in [2.75, 3.05) is 25.0 Å². The Morgan fingerprint density at radius 1 is 0.948 bits per heavy atom. The molecule has 0 aromatic heterocycles. The van der Waals surface area contributed by atoms with E-state index in [0.29, 0.717) is 70.6 Å². The molecule has 0 saturated heterocycles. The highest BCUT2D eigenvalue weighted by atomic mass is 32.1. The zero-order valence-electron chi connectivity index (χ0n) is 32.8. The van der Waals surface area contributed by atoms with Gasteiger partial charge in [0.1, 0.15) is 17.1 Å². The van der Waals surface area contributed by atoms with E-state index < -0.39 is 5.97 Å². The summed E-state index contributed by atoms with van der Waals surface area (Å²) in [6.07, 6.45) is 11.1. The minimum absolute atomic E-state index is 0.000301. The monoisotopic (exact) mass is 806 g/mol. The second kappa shape index (κ2) is 15.8. The number of carbonyl (C=O) groups is 2. The Hall–Kier alpha value is -5.27. The molecule has 8 rings (SSSR count). The van der Waals surface area contributed by atoms with E-state index in [2.05, 4.69) is 41.0 Å². The number of carboxylic acids is 1. The molecule has 0 spiro atoms. The molecular formula is C45H50N4O8S. The van der Waals surface area contributed by atoms with Gasteiger partial charge in [-0.05, 0) is 147 Å². The predicted molar refractivity (Wildman–Crippen MR) is 226 cm³/mol. The molecule has 6 N–H and O–H groups in total. The van der Waals surface area contributed by atoms with Crippen molar-refractivity contribution in [3.63, 3.8) is 0 Å². The molecule has 1 heterocycles. The molecule has 3 fully saturated rings. The third-order valence-electron chi connectivity index (χ3n) is 13.7. The smallest absolute Gasteiger partial charge is 0.336 e. The number of nitrogens with one attached hydrogen (secondary N) is 3. The highest BCUT2D eigenvalue weighted by Crippen LogP contribution is 2.65. The molecule has 58 heavy (non-hydrogen) atoms. The fourth-order valence-electron chi connectivity index (χ4n) is 10.7. The molecule has 1 amide bonds. The molecule has 13 heteroatoms. The normalized spacial score (nSPS) is 26.9. The number of oxime groups is 1. The van der Waals surface area contributed by atoms with E-state index in [-0.39, 0.29) is 57.1 Å². The number of aromatic carboxylic acids is 1. The van der Waals surface area contributed by atoms with Gasteiger partial charge in [0.05, 0.1) is 17.4 Å². The van der Waals surface area contributed by atoms with Crippen molar-refractivity contribution in [1.82, 2.24) is 10.6 Å². The summed E-state index contributed by atoms with van der Waals surface area (Å²) in [5.74, 6) is 0.761. The van der Waals surface area contributed by atoms with Crippen LogP contribution in [0.15, 0.2) is 80.6 Å². The van der Waals surface area contributed by atoms with Crippen LogP contribution in [0.5, 0.6) is 5.75 Å². The third kappa shape index (κ3) is 7.45. The van der Waals surface area contributed by atoms with Crippen LogP contribution >= 0.6 is 12.2 Å². The number of phenols is 1. The molecule has 2 aromatic rings. The summed E-state index contributed by atoms with van der Waals surface area (Å²) in [6.45, 7) is 5.44. The van der Waals surface area contributed by atoms with Gasteiger partial charge in [-0.2, -0.15) is 0 Å². The topological polar surface area (TPSA) is 183 Å². The van der Waals surface area contributed by atoms with Crippen molar-refractivity contribution >= 4 is 51.6 Å². The molecule has 0 bridgehead atoms. The highest BCUT2D eigenvalue weighted by Gasteiger charge is 2.58. The van der Waals surface area contributed by atoms with E-state index in [0.717, 1.165) is 44.2 Å². The standard InChI is InChI=1S/C45H50N4O8S/c1-44-16-14-27(20-25(44)4-8-31-35-12-13-39(52)45(35,2)17-15-36(31)44)49-56-24-40(53)46-18-3-19-47-43(58)48-26-5-9-30(34(21-26)42(54)55)41-32-10-6-28(50)22-37(32)57-38-23-29(51)7-11-33(38)41/h5-7,9-11,20-23,31,35-36,39,50,52H,3-4,8,12-19,24H2,1-2H3,(H,46,53)(H,54,55)(H2,47,48,58)/b49-27-/t31-,35-,36-,39-,44-,45-/m0/s1. The summed E-state index contributed by atoms with van der Waals surface area (Å²) in [5.41, 5.74) is 4.59. The zero-order valence-corrected chi connectivity index (χ0v) is 33.6. The molecule has 1 aliphatic heterocycles. The lowest BCUT2D eigenvalue weighted by Crippen LogP contribution is -2.51. The summed E-state index contributed by atoms with van der Waals surface area (Å²) in [6, 6.07) is 13.8. The first-order valence-corrected chi connectivity index (χ1v) is 20.7. The van der Waals surface area contributed by atoms with Crippen LogP contribution in [0.2, 0.25) is 0 Å². The summed E-state index contributed by atoms with van der Waals surface area (Å²) in [5, 5.41) is 45.3. The molecule has 2 aromatic carbocycles. The Labute approximate surface area is 342 Å². The van der Waals surface area contributed by atoms with Crippen molar-refractivity contribution in [2.45, 2.75) is 77.7 Å². The first kappa shape index (κ1) is 39.6. The van der Waals surface area contributed by atoms with Gasteiger partial charge in [0, 0.05) is 47.4 Å². The summed E-state index contributed by atoms with van der Waals surface area (Å²) < 4.78 is 5.91. The number of benzene rings is 3. The lowest BCUT2D eigenvalue weighted by Gasteiger charge is -2.57. The number of hydrogen-bond acceptors (Lipinski definition) is 9. The van der Waals surface area contributed by atoms with Gasteiger partial charge in [-0.15, -0.1) is 0 Å².